The van der Waals surface area contributed by atoms with E-state index in [1.54, 1.807) is 0 Å². The van der Waals surface area contributed by atoms with E-state index >= 15 is 0 Å². The van der Waals surface area contributed by atoms with E-state index in [2.05, 4.69) is 14.9 Å². The molecule has 0 radical (unpaired) electrons. The number of fused-ring (bicyclic) bond motifs is 1. The molecule has 0 atom stereocenters. The molecule has 6 heteroatoms. The normalized spacial score (nSPS) is 11.2. The zero-order valence-electron chi connectivity index (χ0n) is 15.9. The molecule has 0 aliphatic carbocycles. The highest BCUT2D eigenvalue weighted by atomic mass is 16.5. The van der Waals surface area contributed by atoms with Gasteiger partial charge < -0.3 is 19.2 Å². The Morgan fingerprint density at radius 1 is 1.07 bits per heavy atom. The van der Waals surface area contributed by atoms with Gasteiger partial charge in [0.2, 0.25) is 0 Å². The van der Waals surface area contributed by atoms with Crippen molar-refractivity contribution in [2.24, 2.45) is 0 Å². The standard InChI is InChI=1S/C22H22N4O2/c1-25(2)12-13-28-18-10-8-16(9-11-18)19-14-26(17-6-4-3-5-7-17)21-20(19)23-15-24-22(21)27/h3-11,14-15H,12-13H2,1-2H3,(H,23,24,27). The van der Waals surface area contributed by atoms with Crippen LogP contribution in [-0.4, -0.2) is 46.7 Å². The maximum Gasteiger partial charge on any atom is 0.275 e. The lowest BCUT2D eigenvalue weighted by atomic mass is 10.1. The monoisotopic (exact) mass is 374 g/mol. The van der Waals surface area contributed by atoms with Crippen molar-refractivity contribution >= 4 is 11.0 Å². The Morgan fingerprint density at radius 2 is 1.82 bits per heavy atom. The van der Waals surface area contributed by atoms with E-state index in [1.165, 1.54) is 6.33 Å². The highest BCUT2D eigenvalue weighted by Crippen LogP contribution is 2.30. The fraction of sp³-hybridized carbons (Fsp3) is 0.182. The summed E-state index contributed by atoms with van der Waals surface area (Å²) >= 11 is 0. The average molecular weight is 374 g/mol. The molecule has 142 valence electrons. The third-order valence-corrected chi connectivity index (χ3v) is 4.59. The molecular formula is C22H22N4O2. The number of hydrogen-bond acceptors (Lipinski definition) is 4. The summed E-state index contributed by atoms with van der Waals surface area (Å²) in [6, 6.07) is 17.7. The Balaban J connectivity index is 1.73. The molecule has 0 bridgehead atoms. The summed E-state index contributed by atoms with van der Waals surface area (Å²) in [5, 5.41) is 0. The SMILES string of the molecule is CN(C)CCOc1ccc(-c2cn(-c3ccccc3)c3c(=O)[nH]cnc23)cc1. The van der Waals surface area contributed by atoms with E-state index in [0.29, 0.717) is 17.6 Å². The molecular weight excluding hydrogens is 352 g/mol. The smallest absolute Gasteiger partial charge is 0.275 e. The van der Waals surface area contributed by atoms with Crippen molar-refractivity contribution in [1.29, 1.82) is 0 Å². The zero-order valence-corrected chi connectivity index (χ0v) is 15.9. The van der Waals surface area contributed by atoms with Crippen LogP contribution in [0.3, 0.4) is 0 Å². The van der Waals surface area contributed by atoms with Crippen molar-refractivity contribution < 1.29 is 4.74 Å². The van der Waals surface area contributed by atoms with E-state index < -0.39 is 0 Å². The van der Waals surface area contributed by atoms with E-state index in [4.69, 9.17) is 4.74 Å². The minimum absolute atomic E-state index is 0.163. The topological polar surface area (TPSA) is 63.1 Å². The second kappa shape index (κ2) is 7.70. The van der Waals surface area contributed by atoms with Crippen LogP contribution in [0.15, 0.2) is 71.9 Å². The second-order valence-corrected chi connectivity index (χ2v) is 6.85. The summed E-state index contributed by atoms with van der Waals surface area (Å²) in [5.41, 5.74) is 3.86. The maximum atomic E-state index is 12.5. The van der Waals surface area contributed by atoms with Crippen LogP contribution in [0, 0.1) is 0 Å². The molecule has 6 nitrogen and oxygen atoms in total. The lowest BCUT2D eigenvalue weighted by Gasteiger charge is -2.11. The summed E-state index contributed by atoms with van der Waals surface area (Å²) in [7, 11) is 4.04. The predicted octanol–water partition coefficient (Wildman–Crippen LogP) is 3.32. The Kier molecular flexibility index (Phi) is 4.95. The molecule has 1 N–H and O–H groups in total. The molecule has 0 saturated carbocycles. The van der Waals surface area contributed by atoms with Crippen LogP contribution in [0.1, 0.15) is 0 Å². The minimum atomic E-state index is -0.163. The van der Waals surface area contributed by atoms with E-state index in [0.717, 1.165) is 29.1 Å². The van der Waals surface area contributed by atoms with Gasteiger partial charge in [-0.2, -0.15) is 0 Å². The molecule has 28 heavy (non-hydrogen) atoms. The van der Waals surface area contributed by atoms with Crippen molar-refractivity contribution in [1.82, 2.24) is 19.4 Å². The molecule has 2 aromatic heterocycles. The highest BCUT2D eigenvalue weighted by Gasteiger charge is 2.15. The molecule has 2 aromatic carbocycles. The molecule has 4 rings (SSSR count). The first-order valence-corrected chi connectivity index (χ1v) is 9.15. The lowest BCUT2D eigenvalue weighted by Crippen LogP contribution is -2.19. The predicted molar refractivity (Wildman–Crippen MR) is 111 cm³/mol. The van der Waals surface area contributed by atoms with Crippen molar-refractivity contribution in [3.63, 3.8) is 0 Å². The molecule has 0 amide bonds. The van der Waals surface area contributed by atoms with E-state index in [9.17, 15) is 4.79 Å². The first kappa shape index (κ1) is 18.0. The van der Waals surface area contributed by atoms with E-state index in [1.807, 2.05) is 79.5 Å². The first-order chi connectivity index (χ1) is 13.6. The molecule has 0 unspecified atom stereocenters. The van der Waals surface area contributed by atoms with Gasteiger partial charge >= 0.3 is 0 Å². The number of aromatic amines is 1. The van der Waals surface area contributed by atoms with Crippen LogP contribution < -0.4 is 10.3 Å². The molecule has 4 aromatic rings. The van der Waals surface area contributed by atoms with Gasteiger partial charge in [0, 0.05) is 24.0 Å². The van der Waals surface area contributed by atoms with Crippen molar-refractivity contribution in [3.8, 4) is 22.6 Å². The van der Waals surface area contributed by atoms with Crippen molar-refractivity contribution in [3.05, 3.63) is 77.5 Å². The van der Waals surface area contributed by atoms with Crippen molar-refractivity contribution in [2.45, 2.75) is 0 Å². The Bertz CT molecular complexity index is 1130. The Labute approximate surface area is 163 Å². The van der Waals surface area contributed by atoms with Gasteiger partial charge in [0.25, 0.3) is 5.56 Å². The number of H-pyrrole nitrogens is 1. The Morgan fingerprint density at radius 3 is 2.54 bits per heavy atom. The summed E-state index contributed by atoms with van der Waals surface area (Å²) in [6.07, 6.45) is 3.41. The van der Waals surface area contributed by atoms with Gasteiger partial charge in [-0.25, -0.2) is 4.98 Å². The van der Waals surface area contributed by atoms with Crippen LogP contribution >= 0.6 is 0 Å². The van der Waals surface area contributed by atoms with Crippen molar-refractivity contribution in [2.75, 3.05) is 27.2 Å². The molecule has 2 heterocycles. The largest absolute Gasteiger partial charge is 0.492 e. The zero-order chi connectivity index (χ0) is 19.5. The number of benzene rings is 2. The number of aromatic nitrogens is 3. The second-order valence-electron chi connectivity index (χ2n) is 6.85. The van der Waals surface area contributed by atoms with Gasteiger partial charge in [-0.1, -0.05) is 30.3 Å². The number of nitrogens with one attached hydrogen (secondary N) is 1. The first-order valence-electron chi connectivity index (χ1n) is 9.15. The van der Waals surface area contributed by atoms with Gasteiger partial charge in [0.1, 0.15) is 23.4 Å². The van der Waals surface area contributed by atoms with E-state index in [-0.39, 0.29) is 5.56 Å². The number of para-hydroxylation sites is 1. The summed E-state index contributed by atoms with van der Waals surface area (Å²) < 4.78 is 7.66. The fourth-order valence-corrected chi connectivity index (χ4v) is 3.15. The van der Waals surface area contributed by atoms with Gasteiger partial charge in [0.05, 0.1) is 6.33 Å². The molecule has 0 aliphatic rings. The molecule has 0 aliphatic heterocycles. The lowest BCUT2D eigenvalue weighted by molar-refractivity contribution is 0.261. The number of ether oxygens (including phenoxy) is 1. The fourth-order valence-electron chi connectivity index (χ4n) is 3.15. The summed E-state index contributed by atoms with van der Waals surface area (Å²) in [5.74, 6) is 0.822. The number of rotatable bonds is 6. The number of nitrogens with zero attached hydrogens (tertiary/aromatic N) is 3. The van der Waals surface area contributed by atoms with Crippen LogP contribution in [0.2, 0.25) is 0 Å². The average Bonchev–Trinajstić information content (AvgIpc) is 3.10. The van der Waals surface area contributed by atoms with Crippen LogP contribution in [0.25, 0.3) is 27.8 Å². The summed E-state index contributed by atoms with van der Waals surface area (Å²) in [6.45, 7) is 1.50. The number of hydrogen-bond donors (Lipinski definition) is 1. The quantitative estimate of drug-likeness (QED) is 0.562. The minimum Gasteiger partial charge on any atom is -0.492 e. The molecule has 0 saturated heterocycles. The van der Waals surface area contributed by atoms with Crippen LogP contribution in [0.5, 0.6) is 5.75 Å². The van der Waals surface area contributed by atoms with Crippen LogP contribution in [-0.2, 0) is 0 Å². The third-order valence-electron chi connectivity index (χ3n) is 4.59. The molecule has 0 spiro atoms. The molecule has 0 fully saturated rings. The Hall–Kier alpha value is -3.38. The van der Waals surface area contributed by atoms with Gasteiger partial charge in [-0.05, 0) is 43.9 Å². The maximum absolute atomic E-state index is 12.5. The number of likely N-dealkylation sites (N-methyl/N-ethyl adjacent to an activating group) is 1. The highest BCUT2D eigenvalue weighted by molar-refractivity contribution is 5.93. The third kappa shape index (κ3) is 3.54. The van der Waals surface area contributed by atoms with Gasteiger partial charge in [-0.3, -0.25) is 4.79 Å². The summed E-state index contributed by atoms with van der Waals surface area (Å²) in [4.78, 5) is 21.7. The van der Waals surface area contributed by atoms with Gasteiger partial charge in [0.15, 0.2) is 0 Å². The van der Waals surface area contributed by atoms with Gasteiger partial charge in [-0.15, -0.1) is 0 Å². The van der Waals surface area contributed by atoms with Crippen LogP contribution in [0.4, 0.5) is 0 Å².